The summed E-state index contributed by atoms with van der Waals surface area (Å²) in [5.74, 6) is 2.63. The molecule has 0 bridgehead atoms. The average molecular weight is 401 g/mol. The molecule has 0 aliphatic carbocycles. The number of ether oxygens (including phenoxy) is 4. The minimum absolute atomic E-state index is 0.183. The summed E-state index contributed by atoms with van der Waals surface area (Å²) >= 11 is 0. The fraction of sp³-hybridized carbons (Fsp3) is 0.217. The van der Waals surface area contributed by atoms with Gasteiger partial charge in [0, 0.05) is 17.7 Å². The number of fused-ring (bicyclic) bond motifs is 4. The number of pyridine rings is 1. The SMILES string of the molecule is COc1cc2c(cc1OC)-c1cc(-c3ccc4c(c3)OCO4)c(C#N)c(=N)n1CC2. The van der Waals surface area contributed by atoms with Gasteiger partial charge in [0.25, 0.3) is 0 Å². The monoisotopic (exact) mass is 401 g/mol. The fourth-order valence-electron chi connectivity index (χ4n) is 4.13. The van der Waals surface area contributed by atoms with Crippen molar-refractivity contribution in [2.75, 3.05) is 21.0 Å². The van der Waals surface area contributed by atoms with E-state index in [0.29, 0.717) is 40.7 Å². The van der Waals surface area contributed by atoms with E-state index in [1.165, 1.54) is 0 Å². The lowest BCUT2D eigenvalue weighted by Crippen LogP contribution is -2.28. The maximum absolute atomic E-state index is 9.83. The van der Waals surface area contributed by atoms with E-state index in [1.807, 2.05) is 41.0 Å². The highest BCUT2D eigenvalue weighted by molar-refractivity contribution is 5.79. The standard InChI is InChI=1S/C23H19N3O4/c1-27-20-7-14-5-6-26-18(16(14)10-21(20)28-2)9-15(17(11-24)23(26)25)13-3-4-19-22(8-13)30-12-29-19/h3-4,7-10,25H,5-6,12H2,1-2H3. The van der Waals surface area contributed by atoms with Gasteiger partial charge in [0.15, 0.2) is 23.0 Å². The second-order valence-corrected chi connectivity index (χ2v) is 7.11. The van der Waals surface area contributed by atoms with E-state index in [2.05, 4.69) is 6.07 Å². The molecule has 30 heavy (non-hydrogen) atoms. The highest BCUT2D eigenvalue weighted by atomic mass is 16.7. The Morgan fingerprint density at radius 3 is 2.53 bits per heavy atom. The smallest absolute Gasteiger partial charge is 0.231 e. The van der Waals surface area contributed by atoms with Gasteiger partial charge in [-0.1, -0.05) is 6.07 Å². The zero-order chi connectivity index (χ0) is 20.8. The first kappa shape index (κ1) is 18.1. The first-order chi connectivity index (χ1) is 14.6. The largest absolute Gasteiger partial charge is 0.493 e. The van der Waals surface area contributed by atoms with E-state index in [1.54, 1.807) is 14.2 Å². The number of aromatic nitrogens is 1. The van der Waals surface area contributed by atoms with Gasteiger partial charge in [-0.15, -0.1) is 0 Å². The molecule has 7 heteroatoms. The molecule has 7 nitrogen and oxygen atoms in total. The minimum Gasteiger partial charge on any atom is -0.493 e. The fourth-order valence-corrected chi connectivity index (χ4v) is 4.13. The van der Waals surface area contributed by atoms with Crippen LogP contribution in [0.2, 0.25) is 0 Å². The zero-order valence-corrected chi connectivity index (χ0v) is 16.6. The maximum atomic E-state index is 9.83. The van der Waals surface area contributed by atoms with Crippen molar-refractivity contribution in [2.24, 2.45) is 0 Å². The van der Waals surface area contributed by atoms with Crippen LogP contribution >= 0.6 is 0 Å². The van der Waals surface area contributed by atoms with E-state index >= 15 is 0 Å². The van der Waals surface area contributed by atoms with Crippen molar-refractivity contribution in [3.63, 3.8) is 0 Å². The maximum Gasteiger partial charge on any atom is 0.231 e. The Bertz CT molecular complexity index is 1290. The number of hydrogen-bond donors (Lipinski definition) is 1. The van der Waals surface area contributed by atoms with Crippen molar-refractivity contribution >= 4 is 0 Å². The van der Waals surface area contributed by atoms with Gasteiger partial charge in [0.05, 0.1) is 19.9 Å². The third kappa shape index (κ3) is 2.61. The van der Waals surface area contributed by atoms with Crippen LogP contribution in [0.25, 0.3) is 22.4 Å². The topological polar surface area (TPSA) is 89.5 Å². The number of hydrogen-bond acceptors (Lipinski definition) is 6. The molecule has 0 fully saturated rings. The summed E-state index contributed by atoms with van der Waals surface area (Å²) in [7, 11) is 3.22. The van der Waals surface area contributed by atoms with Crippen molar-refractivity contribution in [3.05, 3.63) is 53.0 Å². The number of methoxy groups -OCH3 is 2. The first-order valence-electron chi connectivity index (χ1n) is 9.52. The molecule has 1 N–H and O–H groups in total. The quantitative estimate of drug-likeness (QED) is 0.726. The van der Waals surface area contributed by atoms with Gasteiger partial charge in [-0.25, -0.2) is 0 Å². The molecule has 0 atom stereocenters. The van der Waals surface area contributed by atoms with Crippen LogP contribution in [0.3, 0.4) is 0 Å². The summed E-state index contributed by atoms with van der Waals surface area (Å²) in [4.78, 5) is 0. The number of nitrogens with one attached hydrogen (secondary N) is 1. The Morgan fingerprint density at radius 2 is 1.77 bits per heavy atom. The molecular formula is C23H19N3O4. The van der Waals surface area contributed by atoms with Crippen LogP contribution in [-0.2, 0) is 13.0 Å². The lowest BCUT2D eigenvalue weighted by molar-refractivity contribution is 0.174. The van der Waals surface area contributed by atoms with E-state index in [4.69, 9.17) is 24.4 Å². The van der Waals surface area contributed by atoms with Crippen LogP contribution in [0.15, 0.2) is 36.4 Å². The van der Waals surface area contributed by atoms with Gasteiger partial charge in [-0.2, -0.15) is 5.26 Å². The number of aryl methyl sites for hydroxylation is 1. The van der Waals surface area contributed by atoms with E-state index in [-0.39, 0.29) is 12.3 Å². The van der Waals surface area contributed by atoms with Gasteiger partial charge in [0.2, 0.25) is 6.79 Å². The third-order valence-corrected chi connectivity index (χ3v) is 5.63. The van der Waals surface area contributed by atoms with Crippen molar-refractivity contribution < 1.29 is 18.9 Å². The van der Waals surface area contributed by atoms with Gasteiger partial charge >= 0.3 is 0 Å². The molecule has 1 aromatic heterocycles. The number of rotatable bonds is 3. The van der Waals surface area contributed by atoms with Crippen LogP contribution in [0.5, 0.6) is 23.0 Å². The normalized spacial score (nSPS) is 13.2. The molecule has 2 aliphatic rings. The third-order valence-electron chi connectivity index (χ3n) is 5.63. The van der Waals surface area contributed by atoms with Crippen LogP contribution in [0.1, 0.15) is 11.1 Å². The van der Waals surface area contributed by atoms with Crippen LogP contribution in [0.4, 0.5) is 0 Å². The second kappa shape index (κ2) is 6.85. The predicted molar refractivity (Wildman–Crippen MR) is 109 cm³/mol. The summed E-state index contributed by atoms with van der Waals surface area (Å²) in [6.07, 6.45) is 0.744. The molecule has 3 heterocycles. The highest BCUT2D eigenvalue weighted by Crippen LogP contribution is 2.41. The van der Waals surface area contributed by atoms with Crippen LogP contribution in [0, 0.1) is 16.7 Å². The molecule has 0 saturated carbocycles. The van der Waals surface area contributed by atoms with Gasteiger partial charge in [-0.05, 0) is 47.9 Å². The molecule has 0 spiro atoms. The van der Waals surface area contributed by atoms with E-state index in [0.717, 1.165) is 28.8 Å². The molecule has 2 aromatic carbocycles. The van der Waals surface area contributed by atoms with Crippen LogP contribution in [-0.4, -0.2) is 25.6 Å². The Balaban J connectivity index is 1.76. The Labute approximate surface area is 173 Å². The minimum atomic E-state index is 0.183. The van der Waals surface area contributed by atoms with Crippen molar-refractivity contribution in [1.29, 1.82) is 10.7 Å². The molecule has 2 aliphatic heterocycles. The Hall–Kier alpha value is -3.92. The van der Waals surface area contributed by atoms with Gasteiger partial charge in [-0.3, -0.25) is 5.41 Å². The molecular weight excluding hydrogens is 382 g/mol. The van der Waals surface area contributed by atoms with E-state index < -0.39 is 0 Å². The molecule has 0 saturated heterocycles. The summed E-state index contributed by atoms with van der Waals surface area (Å²) in [5.41, 5.74) is 4.99. The molecule has 5 rings (SSSR count). The van der Waals surface area contributed by atoms with Crippen molar-refractivity contribution in [2.45, 2.75) is 13.0 Å². The van der Waals surface area contributed by atoms with Gasteiger partial charge < -0.3 is 23.5 Å². The molecule has 0 radical (unpaired) electrons. The number of benzene rings is 2. The average Bonchev–Trinajstić information content (AvgIpc) is 3.25. The van der Waals surface area contributed by atoms with E-state index in [9.17, 15) is 5.26 Å². The molecule has 150 valence electrons. The zero-order valence-electron chi connectivity index (χ0n) is 16.6. The highest BCUT2D eigenvalue weighted by Gasteiger charge is 2.24. The molecule has 3 aromatic rings. The summed E-state index contributed by atoms with van der Waals surface area (Å²) in [6, 6.07) is 13.7. The first-order valence-corrected chi connectivity index (χ1v) is 9.52. The summed E-state index contributed by atoms with van der Waals surface area (Å²) < 4.78 is 23.7. The second-order valence-electron chi connectivity index (χ2n) is 7.11. The van der Waals surface area contributed by atoms with Gasteiger partial charge in [0.1, 0.15) is 17.1 Å². The summed E-state index contributed by atoms with van der Waals surface area (Å²) in [6.45, 7) is 0.801. The number of nitriles is 1. The molecule has 0 unspecified atom stereocenters. The summed E-state index contributed by atoms with van der Waals surface area (Å²) in [5, 5.41) is 18.5. The lowest BCUT2D eigenvalue weighted by atomic mass is 9.92. The Kier molecular flexibility index (Phi) is 4.14. The van der Waals surface area contributed by atoms with Crippen LogP contribution < -0.4 is 24.4 Å². The number of nitrogens with zero attached hydrogens (tertiary/aromatic N) is 2. The Morgan fingerprint density at radius 1 is 1.00 bits per heavy atom. The lowest BCUT2D eigenvalue weighted by Gasteiger charge is -2.25. The predicted octanol–water partition coefficient (Wildman–Crippen LogP) is 3.48. The molecule has 0 amide bonds. The van der Waals surface area contributed by atoms with Crippen molar-refractivity contribution in [1.82, 2.24) is 4.57 Å². The van der Waals surface area contributed by atoms with Crippen molar-refractivity contribution in [3.8, 4) is 51.5 Å².